The summed E-state index contributed by atoms with van der Waals surface area (Å²) in [5, 5.41) is 0. The molecule has 3 nitrogen and oxygen atoms in total. The van der Waals surface area contributed by atoms with Gasteiger partial charge in [-0.15, -0.1) is 0 Å². The fraction of sp³-hybridized carbons (Fsp3) is 1.00. The minimum Gasteiger partial charge on any atom is -0.381 e. The molecular formula is C7H15NO2S. The van der Waals surface area contributed by atoms with E-state index in [0.717, 1.165) is 25.9 Å². The highest BCUT2D eigenvalue weighted by Crippen LogP contribution is 2.13. The molecule has 0 N–H and O–H groups in total. The van der Waals surface area contributed by atoms with Gasteiger partial charge in [-0.2, -0.15) is 0 Å². The summed E-state index contributed by atoms with van der Waals surface area (Å²) in [6.07, 6.45) is 4.13. The van der Waals surface area contributed by atoms with Gasteiger partial charge in [0, 0.05) is 26.5 Å². The quantitative estimate of drug-likeness (QED) is 0.610. The lowest BCUT2D eigenvalue weighted by molar-refractivity contribution is 0.0615. The molecule has 0 spiro atoms. The number of rotatable bonds is 2. The first-order chi connectivity index (χ1) is 5.24. The summed E-state index contributed by atoms with van der Waals surface area (Å²) in [5.41, 5.74) is 0. The second kappa shape index (κ2) is 4.18. The number of nitrogens with zero attached hydrogens (tertiary/aromatic N) is 1. The normalized spacial score (nSPS) is 25.3. The summed E-state index contributed by atoms with van der Waals surface area (Å²) in [7, 11) is 0.948. The highest BCUT2D eigenvalue weighted by Gasteiger charge is 2.19. The maximum Gasteiger partial charge on any atom is 0.0910 e. The van der Waals surface area contributed by atoms with Crippen LogP contribution in [-0.2, 0) is 15.7 Å². The standard InChI is InChI=1S/C7H15NO2S/c1-10-7-3-5-8(6-4-7)11(2)9/h7H,3-6H2,1-2H3. The third-order valence-electron chi connectivity index (χ3n) is 2.10. The van der Waals surface area contributed by atoms with Crippen molar-refractivity contribution in [2.24, 2.45) is 0 Å². The van der Waals surface area contributed by atoms with Crippen LogP contribution in [0.2, 0.25) is 0 Å². The predicted octanol–water partition coefficient (Wildman–Crippen LogP) is 0.391. The van der Waals surface area contributed by atoms with Crippen LogP contribution in [0.1, 0.15) is 12.8 Å². The SMILES string of the molecule is COC1CCN(S(C)=O)CC1. The Morgan fingerprint density at radius 1 is 1.45 bits per heavy atom. The van der Waals surface area contributed by atoms with Crippen LogP contribution in [0.4, 0.5) is 0 Å². The lowest BCUT2D eigenvalue weighted by Gasteiger charge is -2.28. The Balaban J connectivity index is 2.30. The van der Waals surface area contributed by atoms with E-state index in [4.69, 9.17) is 4.74 Å². The molecule has 0 aliphatic carbocycles. The highest BCUT2D eigenvalue weighted by atomic mass is 32.2. The average molecular weight is 177 g/mol. The van der Waals surface area contributed by atoms with Crippen LogP contribution in [0.15, 0.2) is 0 Å². The maximum atomic E-state index is 11.0. The Labute approximate surface area is 70.3 Å². The van der Waals surface area contributed by atoms with Crippen molar-refractivity contribution in [2.45, 2.75) is 18.9 Å². The molecule has 1 heterocycles. The van der Waals surface area contributed by atoms with Crippen molar-refractivity contribution in [3.63, 3.8) is 0 Å². The van der Waals surface area contributed by atoms with Crippen molar-refractivity contribution in [2.75, 3.05) is 26.5 Å². The van der Waals surface area contributed by atoms with Gasteiger partial charge < -0.3 is 4.74 Å². The second-order valence-corrected chi connectivity index (χ2v) is 4.15. The molecule has 4 heteroatoms. The Morgan fingerprint density at radius 3 is 2.36 bits per heavy atom. The number of hydrogen-bond acceptors (Lipinski definition) is 2. The molecule has 0 saturated carbocycles. The largest absolute Gasteiger partial charge is 0.381 e. The van der Waals surface area contributed by atoms with Gasteiger partial charge in [0.1, 0.15) is 0 Å². The molecule has 66 valence electrons. The Morgan fingerprint density at radius 2 is 2.00 bits per heavy atom. The molecule has 1 fully saturated rings. The molecule has 0 aromatic carbocycles. The zero-order valence-electron chi connectivity index (χ0n) is 7.08. The van der Waals surface area contributed by atoms with E-state index < -0.39 is 11.0 Å². The first-order valence-corrected chi connectivity index (χ1v) is 5.37. The molecule has 1 aliphatic heterocycles. The van der Waals surface area contributed by atoms with Gasteiger partial charge in [-0.05, 0) is 12.8 Å². The molecule has 1 unspecified atom stereocenters. The maximum absolute atomic E-state index is 11.0. The number of hydrogen-bond donors (Lipinski definition) is 0. The van der Waals surface area contributed by atoms with E-state index in [0.29, 0.717) is 6.10 Å². The lowest BCUT2D eigenvalue weighted by Crippen LogP contribution is -2.37. The van der Waals surface area contributed by atoms with Crippen LogP contribution in [0.3, 0.4) is 0 Å². The monoisotopic (exact) mass is 177 g/mol. The van der Waals surface area contributed by atoms with Gasteiger partial charge in [-0.1, -0.05) is 0 Å². The predicted molar refractivity (Wildman–Crippen MR) is 45.7 cm³/mol. The van der Waals surface area contributed by atoms with Crippen LogP contribution in [0.25, 0.3) is 0 Å². The van der Waals surface area contributed by atoms with Gasteiger partial charge in [0.05, 0.1) is 17.1 Å². The molecule has 0 amide bonds. The molecule has 1 aliphatic rings. The summed E-state index contributed by atoms with van der Waals surface area (Å²) in [6.45, 7) is 1.81. The molecule has 0 aromatic rings. The van der Waals surface area contributed by atoms with Crippen LogP contribution in [0, 0.1) is 0 Å². The summed E-state index contributed by atoms with van der Waals surface area (Å²) in [4.78, 5) is 0. The summed E-state index contributed by atoms with van der Waals surface area (Å²) >= 11 is 0. The van der Waals surface area contributed by atoms with E-state index in [1.54, 1.807) is 13.4 Å². The van der Waals surface area contributed by atoms with E-state index in [1.807, 2.05) is 4.31 Å². The smallest absolute Gasteiger partial charge is 0.0910 e. The zero-order valence-corrected chi connectivity index (χ0v) is 7.89. The first-order valence-electron chi connectivity index (χ1n) is 3.85. The van der Waals surface area contributed by atoms with E-state index in [1.165, 1.54) is 0 Å². The second-order valence-electron chi connectivity index (χ2n) is 2.79. The van der Waals surface area contributed by atoms with Crippen molar-refractivity contribution >= 4 is 11.0 Å². The lowest BCUT2D eigenvalue weighted by atomic mass is 10.1. The zero-order chi connectivity index (χ0) is 8.27. The van der Waals surface area contributed by atoms with Crippen LogP contribution < -0.4 is 0 Å². The van der Waals surface area contributed by atoms with Gasteiger partial charge in [-0.3, -0.25) is 0 Å². The van der Waals surface area contributed by atoms with Crippen LogP contribution in [0.5, 0.6) is 0 Å². The first kappa shape index (κ1) is 9.16. The van der Waals surface area contributed by atoms with E-state index >= 15 is 0 Å². The highest BCUT2D eigenvalue weighted by molar-refractivity contribution is 7.81. The topological polar surface area (TPSA) is 29.5 Å². The van der Waals surface area contributed by atoms with Gasteiger partial charge in [-0.25, -0.2) is 8.51 Å². The van der Waals surface area contributed by atoms with Crippen LogP contribution in [-0.4, -0.2) is 41.1 Å². The van der Waals surface area contributed by atoms with Crippen LogP contribution >= 0.6 is 0 Å². The minimum absolute atomic E-state index is 0.384. The van der Waals surface area contributed by atoms with Crippen molar-refractivity contribution in [3.8, 4) is 0 Å². The van der Waals surface area contributed by atoms with Crippen molar-refractivity contribution < 1.29 is 8.95 Å². The summed E-state index contributed by atoms with van der Waals surface area (Å²) in [6, 6.07) is 0. The molecule has 1 atom stereocenters. The van der Waals surface area contributed by atoms with Crippen molar-refractivity contribution in [1.29, 1.82) is 0 Å². The van der Waals surface area contributed by atoms with Gasteiger partial charge in [0.15, 0.2) is 0 Å². The van der Waals surface area contributed by atoms with Gasteiger partial charge in [0.25, 0.3) is 0 Å². The number of ether oxygens (including phenoxy) is 1. The van der Waals surface area contributed by atoms with E-state index in [-0.39, 0.29) is 0 Å². The molecular weight excluding hydrogens is 162 g/mol. The molecule has 11 heavy (non-hydrogen) atoms. The molecule has 0 aromatic heterocycles. The summed E-state index contributed by atoms with van der Waals surface area (Å²) in [5.74, 6) is 0. The molecule has 0 radical (unpaired) electrons. The van der Waals surface area contributed by atoms with Crippen molar-refractivity contribution in [3.05, 3.63) is 0 Å². The van der Waals surface area contributed by atoms with E-state index in [9.17, 15) is 4.21 Å². The number of piperidine rings is 1. The average Bonchev–Trinajstić information content (AvgIpc) is 2.05. The fourth-order valence-electron chi connectivity index (χ4n) is 1.32. The van der Waals surface area contributed by atoms with Gasteiger partial charge >= 0.3 is 0 Å². The third kappa shape index (κ3) is 2.54. The molecule has 0 bridgehead atoms. The Bertz CT molecular complexity index is 143. The van der Waals surface area contributed by atoms with Gasteiger partial charge in [0.2, 0.25) is 0 Å². The minimum atomic E-state index is -0.791. The third-order valence-corrected chi connectivity index (χ3v) is 3.19. The summed E-state index contributed by atoms with van der Waals surface area (Å²) < 4.78 is 18.2. The Kier molecular flexibility index (Phi) is 3.48. The molecule has 1 saturated heterocycles. The van der Waals surface area contributed by atoms with E-state index in [2.05, 4.69) is 0 Å². The Hall–Kier alpha value is 0.0700. The molecule has 1 rings (SSSR count). The number of methoxy groups -OCH3 is 1. The fourth-order valence-corrected chi connectivity index (χ4v) is 2.05. The van der Waals surface area contributed by atoms with Crippen molar-refractivity contribution in [1.82, 2.24) is 4.31 Å².